The van der Waals surface area contributed by atoms with Crippen molar-refractivity contribution in [3.05, 3.63) is 16.1 Å². The lowest BCUT2D eigenvalue weighted by Gasteiger charge is -2.35. The van der Waals surface area contributed by atoms with Crippen molar-refractivity contribution in [1.82, 2.24) is 14.5 Å². The van der Waals surface area contributed by atoms with E-state index < -0.39 is 0 Å². The molecule has 5 nitrogen and oxygen atoms in total. The van der Waals surface area contributed by atoms with Crippen LogP contribution in [0, 0.1) is 9.49 Å². The van der Waals surface area contributed by atoms with Crippen LogP contribution in [0.1, 0.15) is 18.9 Å². The fourth-order valence-corrected chi connectivity index (χ4v) is 3.23. The van der Waals surface area contributed by atoms with Crippen LogP contribution in [0.5, 0.6) is 0 Å². The maximum absolute atomic E-state index is 9.06. The molecule has 0 spiro atoms. The van der Waals surface area contributed by atoms with Crippen molar-refractivity contribution in [3.8, 4) is 0 Å². The molecule has 0 atom stereocenters. The zero-order chi connectivity index (χ0) is 12.0. The lowest BCUT2D eigenvalue weighted by atomic mass is 9.81. The van der Waals surface area contributed by atoms with Gasteiger partial charge in [-0.1, -0.05) is 0 Å². The molecule has 0 aliphatic heterocycles. The van der Waals surface area contributed by atoms with Crippen LogP contribution in [0.25, 0.3) is 11.0 Å². The van der Waals surface area contributed by atoms with Crippen LogP contribution in [0.4, 0.5) is 5.82 Å². The van der Waals surface area contributed by atoms with Gasteiger partial charge in [-0.3, -0.25) is 0 Å². The number of rotatable bonds is 2. The zero-order valence-corrected chi connectivity index (χ0v) is 11.3. The Morgan fingerprint density at radius 3 is 2.94 bits per heavy atom. The number of hydrogen-bond donors (Lipinski definition) is 2. The molecule has 6 heteroatoms. The van der Waals surface area contributed by atoms with Gasteiger partial charge < -0.3 is 15.4 Å². The van der Waals surface area contributed by atoms with E-state index in [9.17, 15) is 0 Å². The number of fused-ring (bicyclic) bond motifs is 1. The van der Waals surface area contributed by atoms with Crippen molar-refractivity contribution in [2.75, 3.05) is 12.3 Å². The molecule has 0 amide bonds. The topological polar surface area (TPSA) is 77.0 Å². The third-order valence-electron chi connectivity index (χ3n) is 3.45. The second kappa shape index (κ2) is 4.09. The van der Waals surface area contributed by atoms with E-state index in [1.165, 1.54) is 6.33 Å². The lowest BCUT2D eigenvalue weighted by molar-refractivity contribution is 0.114. The van der Waals surface area contributed by atoms with Crippen LogP contribution >= 0.6 is 22.6 Å². The van der Waals surface area contributed by atoms with Gasteiger partial charge in [0.15, 0.2) is 0 Å². The number of halogens is 1. The van der Waals surface area contributed by atoms with E-state index in [-0.39, 0.29) is 6.61 Å². The largest absolute Gasteiger partial charge is 0.396 e. The SMILES string of the molecule is Nc1ncnc2c1c(I)cn2[C@H]1C[C@@H](CO)C1. The number of anilines is 1. The Morgan fingerprint density at radius 2 is 2.24 bits per heavy atom. The fraction of sp³-hybridized carbons (Fsp3) is 0.455. The molecular formula is C11H13IN4O. The van der Waals surface area contributed by atoms with Crippen LogP contribution in [-0.4, -0.2) is 26.2 Å². The summed E-state index contributed by atoms with van der Waals surface area (Å²) in [6.45, 7) is 0.282. The second-order valence-electron chi connectivity index (χ2n) is 4.52. The van der Waals surface area contributed by atoms with Gasteiger partial charge in [0.1, 0.15) is 17.8 Å². The van der Waals surface area contributed by atoms with Gasteiger partial charge in [0.05, 0.1) is 5.39 Å². The van der Waals surface area contributed by atoms with Crippen LogP contribution in [0.2, 0.25) is 0 Å². The number of aliphatic hydroxyl groups excluding tert-OH is 1. The van der Waals surface area contributed by atoms with Crippen LogP contribution in [-0.2, 0) is 0 Å². The van der Waals surface area contributed by atoms with Crippen molar-refractivity contribution in [3.63, 3.8) is 0 Å². The lowest BCUT2D eigenvalue weighted by Crippen LogP contribution is -2.28. The van der Waals surface area contributed by atoms with Crippen molar-refractivity contribution >= 4 is 39.4 Å². The van der Waals surface area contributed by atoms with Gasteiger partial charge in [0, 0.05) is 22.4 Å². The molecule has 1 fully saturated rings. The summed E-state index contributed by atoms with van der Waals surface area (Å²) in [6.07, 6.45) is 5.61. The predicted octanol–water partition coefficient (Wildman–Crippen LogP) is 1.56. The Kier molecular flexibility index (Phi) is 2.70. The van der Waals surface area contributed by atoms with Crippen LogP contribution in [0.15, 0.2) is 12.5 Å². The highest BCUT2D eigenvalue weighted by Crippen LogP contribution is 2.40. The first-order chi connectivity index (χ1) is 8.20. The Morgan fingerprint density at radius 1 is 1.47 bits per heavy atom. The molecule has 2 aromatic rings. The van der Waals surface area contributed by atoms with E-state index in [4.69, 9.17) is 10.8 Å². The molecule has 0 saturated heterocycles. The standard InChI is InChI=1S/C11H13IN4O/c12-8-3-16(7-1-6(2-7)4-17)11-9(8)10(13)14-5-15-11/h3,5-7,17H,1-2,4H2,(H2,13,14,15)/t6-,7+. The number of nitrogen functional groups attached to an aromatic ring is 1. The van der Waals surface area contributed by atoms with E-state index in [0.29, 0.717) is 17.8 Å². The van der Waals surface area contributed by atoms with Crippen LogP contribution in [0.3, 0.4) is 0 Å². The summed E-state index contributed by atoms with van der Waals surface area (Å²) in [5.74, 6) is 0.977. The minimum absolute atomic E-state index is 0.282. The maximum Gasteiger partial charge on any atom is 0.146 e. The number of nitrogens with two attached hydrogens (primary N) is 1. The van der Waals surface area contributed by atoms with E-state index in [2.05, 4.69) is 43.3 Å². The van der Waals surface area contributed by atoms with E-state index in [1.54, 1.807) is 0 Å². The molecule has 0 aromatic carbocycles. The Hall–Kier alpha value is -0.890. The first-order valence-electron chi connectivity index (χ1n) is 5.58. The minimum Gasteiger partial charge on any atom is -0.396 e. The molecule has 0 bridgehead atoms. The highest BCUT2D eigenvalue weighted by molar-refractivity contribution is 14.1. The molecule has 90 valence electrons. The average Bonchev–Trinajstić information content (AvgIpc) is 2.56. The van der Waals surface area contributed by atoms with E-state index >= 15 is 0 Å². The van der Waals surface area contributed by atoms with Gasteiger partial charge in [-0.2, -0.15) is 0 Å². The summed E-state index contributed by atoms with van der Waals surface area (Å²) >= 11 is 2.26. The summed E-state index contributed by atoms with van der Waals surface area (Å²) in [7, 11) is 0. The normalized spacial score (nSPS) is 23.9. The quantitative estimate of drug-likeness (QED) is 0.811. The Labute approximate surface area is 112 Å². The van der Waals surface area contributed by atoms with Gasteiger partial charge in [0.2, 0.25) is 0 Å². The number of hydrogen-bond acceptors (Lipinski definition) is 4. The molecule has 1 saturated carbocycles. The number of nitrogens with zero attached hydrogens (tertiary/aromatic N) is 3. The van der Waals surface area contributed by atoms with Gasteiger partial charge in [-0.05, 0) is 41.4 Å². The summed E-state index contributed by atoms with van der Waals surface area (Å²) in [4.78, 5) is 8.35. The molecule has 2 heterocycles. The third kappa shape index (κ3) is 1.70. The molecule has 3 N–H and O–H groups in total. The van der Waals surface area contributed by atoms with Crippen LogP contribution < -0.4 is 5.73 Å². The average molecular weight is 344 g/mol. The first kappa shape index (κ1) is 11.2. The molecule has 2 aromatic heterocycles. The number of aromatic nitrogens is 3. The molecule has 1 aliphatic carbocycles. The highest BCUT2D eigenvalue weighted by atomic mass is 127. The summed E-state index contributed by atoms with van der Waals surface area (Å²) in [5, 5.41) is 10.0. The molecule has 17 heavy (non-hydrogen) atoms. The van der Waals surface area contributed by atoms with Gasteiger partial charge in [-0.25, -0.2) is 9.97 Å². The zero-order valence-electron chi connectivity index (χ0n) is 9.17. The van der Waals surface area contributed by atoms with Gasteiger partial charge in [-0.15, -0.1) is 0 Å². The Balaban J connectivity index is 2.04. The summed E-state index contributed by atoms with van der Waals surface area (Å²) < 4.78 is 3.25. The van der Waals surface area contributed by atoms with Crippen molar-refractivity contribution in [2.24, 2.45) is 5.92 Å². The van der Waals surface area contributed by atoms with Gasteiger partial charge >= 0.3 is 0 Å². The van der Waals surface area contributed by atoms with Crippen molar-refractivity contribution < 1.29 is 5.11 Å². The third-order valence-corrected chi connectivity index (χ3v) is 4.27. The van der Waals surface area contributed by atoms with E-state index in [0.717, 1.165) is 27.4 Å². The fourth-order valence-electron chi connectivity index (χ4n) is 2.42. The van der Waals surface area contributed by atoms with Crippen molar-refractivity contribution in [1.29, 1.82) is 0 Å². The van der Waals surface area contributed by atoms with Crippen molar-refractivity contribution in [2.45, 2.75) is 18.9 Å². The summed E-state index contributed by atoms with van der Waals surface area (Å²) in [5.41, 5.74) is 6.78. The molecule has 0 radical (unpaired) electrons. The first-order valence-corrected chi connectivity index (χ1v) is 6.66. The second-order valence-corrected chi connectivity index (χ2v) is 5.68. The van der Waals surface area contributed by atoms with E-state index in [1.807, 2.05) is 0 Å². The molecule has 0 unspecified atom stereocenters. The highest BCUT2D eigenvalue weighted by Gasteiger charge is 2.31. The monoisotopic (exact) mass is 344 g/mol. The number of aliphatic hydroxyl groups is 1. The van der Waals surface area contributed by atoms with Gasteiger partial charge in [0.25, 0.3) is 0 Å². The smallest absolute Gasteiger partial charge is 0.146 e. The maximum atomic E-state index is 9.06. The summed E-state index contributed by atoms with van der Waals surface area (Å²) in [6, 6.07) is 0.437. The molecule has 3 rings (SSSR count). The molecular weight excluding hydrogens is 331 g/mol. The Bertz CT molecular complexity index is 562. The predicted molar refractivity (Wildman–Crippen MR) is 73.5 cm³/mol. The minimum atomic E-state index is 0.282. The molecule has 1 aliphatic rings.